The molecule has 2 aromatic rings. The van der Waals surface area contributed by atoms with E-state index in [0.717, 1.165) is 5.56 Å². The van der Waals surface area contributed by atoms with Crippen LogP contribution in [0, 0.1) is 19.9 Å². The molecule has 2 aromatic carbocycles. The summed E-state index contributed by atoms with van der Waals surface area (Å²) in [5.74, 6) is 1.18. The largest absolute Gasteiger partial charge is 0.455 e. The fourth-order valence-electron chi connectivity index (χ4n) is 1.39. The van der Waals surface area contributed by atoms with Crippen LogP contribution in [0.1, 0.15) is 11.1 Å². The first-order valence-corrected chi connectivity index (χ1v) is 5.94. The molecule has 0 aliphatic heterocycles. The molecule has 1 nitrogen and oxygen atoms in total. The summed E-state index contributed by atoms with van der Waals surface area (Å²) in [6.45, 7) is 4.05. The Hall–Kier alpha value is -1.18. The Morgan fingerprint density at radius 3 is 2.59 bits per heavy atom. The molecule has 0 spiro atoms. The van der Waals surface area contributed by atoms with Gasteiger partial charge >= 0.3 is 0 Å². The molecule has 0 aromatic heterocycles. The van der Waals surface area contributed by atoms with Crippen molar-refractivity contribution in [2.24, 2.45) is 0 Å². The summed E-state index contributed by atoms with van der Waals surface area (Å²) in [6.07, 6.45) is 0. The van der Waals surface area contributed by atoms with Gasteiger partial charge in [0.05, 0.1) is 5.02 Å². The summed E-state index contributed by atoms with van der Waals surface area (Å²) in [4.78, 5) is 0. The molecule has 0 aliphatic rings. The van der Waals surface area contributed by atoms with Crippen molar-refractivity contribution in [1.82, 2.24) is 0 Å². The summed E-state index contributed by atoms with van der Waals surface area (Å²) in [5, 5.41) is 0.897. The Balaban J connectivity index is 2.31. The third-order valence-corrected chi connectivity index (χ3v) is 3.34. The van der Waals surface area contributed by atoms with Crippen LogP contribution in [0.15, 0.2) is 30.3 Å². The quantitative estimate of drug-likeness (QED) is 0.725. The molecule has 0 amide bonds. The highest BCUT2D eigenvalue weighted by molar-refractivity contribution is 6.42. The van der Waals surface area contributed by atoms with Gasteiger partial charge in [0, 0.05) is 6.07 Å². The van der Waals surface area contributed by atoms with Gasteiger partial charge < -0.3 is 4.74 Å². The minimum Gasteiger partial charge on any atom is -0.455 e. The van der Waals surface area contributed by atoms with Crippen LogP contribution in [0.2, 0.25) is 10.0 Å². The number of hydrogen-bond donors (Lipinski definition) is 0. The summed E-state index contributed by atoms with van der Waals surface area (Å²) >= 11 is 12.0. The van der Waals surface area contributed by atoms with E-state index in [-0.39, 0.29) is 0 Å². The van der Waals surface area contributed by atoms with Crippen LogP contribution in [-0.2, 0) is 0 Å². The van der Waals surface area contributed by atoms with E-state index in [1.807, 2.05) is 26.0 Å². The van der Waals surface area contributed by atoms with Crippen molar-refractivity contribution in [2.45, 2.75) is 13.8 Å². The van der Waals surface area contributed by atoms with Crippen LogP contribution in [0.4, 0.5) is 0 Å². The molecule has 0 saturated heterocycles. The molecule has 3 heteroatoms. The van der Waals surface area contributed by atoms with Crippen molar-refractivity contribution >= 4 is 23.2 Å². The summed E-state index contributed by atoms with van der Waals surface area (Å²) in [5.41, 5.74) is 2.33. The van der Waals surface area contributed by atoms with E-state index in [0.29, 0.717) is 21.5 Å². The maximum Gasteiger partial charge on any atom is 0.147 e. The fraction of sp³-hybridized carbons (Fsp3) is 0.143. The van der Waals surface area contributed by atoms with Crippen LogP contribution in [0.25, 0.3) is 0 Å². The maximum absolute atomic E-state index is 6.04. The maximum atomic E-state index is 6.04. The second-order valence-electron chi connectivity index (χ2n) is 3.82. The lowest BCUT2D eigenvalue weighted by Gasteiger charge is -2.09. The van der Waals surface area contributed by atoms with Crippen LogP contribution in [0.3, 0.4) is 0 Å². The number of ether oxygens (including phenoxy) is 1. The van der Waals surface area contributed by atoms with E-state index in [1.165, 1.54) is 5.56 Å². The van der Waals surface area contributed by atoms with Gasteiger partial charge in [-0.1, -0.05) is 29.3 Å². The van der Waals surface area contributed by atoms with Crippen molar-refractivity contribution in [3.8, 4) is 11.5 Å². The van der Waals surface area contributed by atoms with Gasteiger partial charge in [0.25, 0.3) is 0 Å². The van der Waals surface area contributed by atoms with Crippen LogP contribution < -0.4 is 4.74 Å². The first-order chi connectivity index (χ1) is 8.08. The molecule has 2 rings (SSSR count). The predicted octanol–water partition coefficient (Wildman–Crippen LogP) is 5.20. The summed E-state index contributed by atoms with van der Waals surface area (Å²) < 4.78 is 5.65. The van der Waals surface area contributed by atoms with Gasteiger partial charge in [0.2, 0.25) is 0 Å². The average molecular weight is 266 g/mol. The van der Waals surface area contributed by atoms with Crippen LogP contribution in [0.5, 0.6) is 11.5 Å². The lowest BCUT2D eigenvalue weighted by molar-refractivity contribution is 0.481. The van der Waals surface area contributed by atoms with Crippen LogP contribution in [-0.4, -0.2) is 0 Å². The Labute approximate surface area is 111 Å². The van der Waals surface area contributed by atoms with E-state index in [9.17, 15) is 0 Å². The highest BCUT2D eigenvalue weighted by Gasteiger charge is 2.07. The van der Waals surface area contributed by atoms with Gasteiger partial charge in [-0.25, -0.2) is 0 Å². The molecule has 0 aliphatic carbocycles. The average Bonchev–Trinajstić information content (AvgIpc) is 2.30. The number of benzene rings is 2. The topological polar surface area (TPSA) is 9.23 Å². The highest BCUT2D eigenvalue weighted by Crippen LogP contribution is 2.34. The molecule has 17 heavy (non-hydrogen) atoms. The van der Waals surface area contributed by atoms with Gasteiger partial charge in [0.15, 0.2) is 0 Å². The van der Waals surface area contributed by atoms with E-state index in [4.69, 9.17) is 27.9 Å². The molecular formula is C14H11Cl2O. The lowest BCUT2D eigenvalue weighted by Crippen LogP contribution is -1.88. The molecule has 1 radical (unpaired) electrons. The lowest BCUT2D eigenvalue weighted by atomic mass is 10.1. The normalized spacial score (nSPS) is 10.4. The molecule has 0 atom stereocenters. The molecule has 0 heterocycles. The number of aryl methyl sites for hydroxylation is 2. The first-order valence-electron chi connectivity index (χ1n) is 5.18. The van der Waals surface area contributed by atoms with Gasteiger partial charge in [-0.05, 0) is 49.2 Å². The van der Waals surface area contributed by atoms with E-state index < -0.39 is 0 Å². The van der Waals surface area contributed by atoms with E-state index in [1.54, 1.807) is 18.2 Å². The molecule has 0 N–H and O–H groups in total. The number of rotatable bonds is 2. The second kappa shape index (κ2) is 4.99. The van der Waals surface area contributed by atoms with Gasteiger partial charge in [-0.15, -0.1) is 0 Å². The number of hydrogen-bond acceptors (Lipinski definition) is 1. The molecule has 87 valence electrons. The number of halogens is 2. The van der Waals surface area contributed by atoms with Crippen molar-refractivity contribution in [1.29, 1.82) is 0 Å². The smallest absolute Gasteiger partial charge is 0.147 e. The zero-order valence-corrected chi connectivity index (χ0v) is 11.1. The molecule has 0 unspecified atom stereocenters. The fourth-order valence-corrected chi connectivity index (χ4v) is 1.72. The van der Waals surface area contributed by atoms with Crippen molar-refractivity contribution in [3.05, 3.63) is 57.6 Å². The minimum absolute atomic E-state index is 0.417. The zero-order chi connectivity index (χ0) is 12.4. The first kappa shape index (κ1) is 12.3. The summed E-state index contributed by atoms with van der Waals surface area (Å²) in [7, 11) is 0. The Bertz CT molecular complexity index is 550. The highest BCUT2D eigenvalue weighted by atomic mass is 35.5. The minimum atomic E-state index is 0.417. The van der Waals surface area contributed by atoms with E-state index >= 15 is 0 Å². The van der Waals surface area contributed by atoms with Gasteiger partial charge in [-0.3, -0.25) is 0 Å². The Morgan fingerprint density at radius 2 is 1.88 bits per heavy atom. The molecule has 0 fully saturated rings. The Morgan fingerprint density at radius 1 is 1.12 bits per heavy atom. The molecule has 0 saturated carbocycles. The van der Waals surface area contributed by atoms with Crippen molar-refractivity contribution in [3.63, 3.8) is 0 Å². The van der Waals surface area contributed by atoms with Crippen LogP contribution >= 0.6 is 23.2 Å². The van der Waals surface area contributed by atoms with Gasteiger partial charge in [-0.2, -0.15) is 0 Å². The third kappa shape index (κ3) is 2.74. The van der Waals surface area contributed by atoms with Gasteiger partial charge in [0.1, 0.15) is 16.5 Å². The zero-order valence-electron chi connectivity index (χ0n) is 9.55. The van der Waals surface area contributed by atoms with Crippen molar-refractivity contribution < 1.29 is 4.74 Å². The summed E-state index contributed by atoms with van der Waals surface area (Å²) in [6, 6.07) is 12.2. The predicted molar refractivity (Wildman–Crippen MR) is 71.3 cm³/mol. The van der Waals surface area contributed by atoms with Crippen molar-refractivity contribution in [2.75, 3.05) is 0 Å². The standard InChI is InChI=1S/C14H11Cl2O/c1-9-6-7-11(8-10(9)2)17-13-5-3-4-12(15)14(13)16/h3-6,8H,1-2H3. The SMILES string of the molecule is Cc1c[c]c(Oc2cccc(Cl)c2Cl)cc1C. The monoisotopic (exact) mass is 265 g/mol. The van der Waals surface area contributed by atoms with E-state index in [2.05, 4.69) is 6.07 Å². The molecule has 0 bridgehead atoms. The third-order valence-electron chi connectivity index (χ3n) is 2.54. The second-order valence-corrected chi connectivity index (χ2v) is 4.60. The Kier molecular flexibility index (Phi) is 3.60. The molecular weight excluding hydrogens is 255 g/mol.